The van der Waals surface area contributed by atoms with Crippen LogP contribution >= 0.6 is 0 Å². The number of aliphatic hydroxyl groups excluding tert-OH is 1. The predicted molar refractivity (Wildman–Crippen MR) is 81.0 cm³/mol. The number of halogens is 3. The molecule has 0 saturated heterocycles. The van der Waals surface area contributed by atoms with Gasteiger partial charge in [-0.05, 0) is 5.56 Å². The highest BCUT2D eigenvalue weighted by molar-refractivity contribution is 6.07. The second-order valence-electron chi connectivity index (χ2n) is 6.08. The summed E-state index contributed by atoms with van der Waals surface area (Å²) in [4.78, 5) is 37.2. The summed E-state index contributed by atoms with van der Waals surface area (Å²) in [6.45, 7) is 0. The molecule has 10 heteroatoms. The fourth-order valence-corrected chi connectivity index (χ4v) is 3.36. The first-order valence-corrected chi connectivity index (χ1v) is 7.73. The van der Waals surface area contributed by atoms with E-state index < -0.39 is 48.6 Å². The summed E-state index contributed by atoms with van der Waals surface area (Å²) in [6, 6.07) is 2.10. The summed E-state index contributed by atoms with van der Waals surface area (Å²) < 4.78 is 42.4. The number of carbonyl (C=O) groups is 3. The summed E-state index contributed by atoms with van der Waals surface area (Å²) in [5, 5.41) is 12.0. The molecule has 2 aliphatic heterocycles. The van der Waals surface area contributed by atoms with Gasteiger partial charge in [-0.25, -0.2) is 4.79 Å². The third-order valence-corrected chi connectivity index (χ3v) is 4.51. The van der Waals surface area contributed by atoms with Gasteiger partial charge in [0, 0.05) is 18.4 Å². The van der Waals surface area contributed by atoms with Gasteiger partial charge in [0.1, 0.15) is 12.1 Å². The summed E-state index contributed by atoms with van der Waals surface area (Å²) >= 11 is 0. The monoisotopic (exact) mass is 372 g/mol. The lowest BCUT2D eigenvalue weighted by Gasteiger charge is -2.27. The maximum atomic E-state index is 12.8. The molecule has 2 amide bonds. The Bertz CT molecular complexity index is 780. The first kappa shape index (κ1) is 18.2. The first-order valence-electron chi connectivity index (χ1n) is 7.73. The number of amides is 2. The first-order chi connectivity index (χ1) is 12.1. The molecule has 3 rings (SSSR count). The highest BCUT2D eigenvalue weighted by Crippen LogP contribution is 2.42. The number of aliphatic hydroxyl groups is 1. The van der Waals surface area contributed by atoms with Crippen LogP contribution in [0.15, 0.2) is 18.2 Å². The molecule has 140 valence electrons. The highest BCUT2D eigenvalue weighted by atomic mass is 19.4. The maximum absolute atomic E-state index is 12.8. The summed E-state index contributed by atoms with van der Waals surface area (Å²) in [5.41, 5.74) is 1.18. The lowest BCUT2D eigenvalue weighted by molar-refractivity contribution is -0.174. The number of alkyl halides is 3. The van der Waals surface area contributed by atoms with Crippen LogP contribution in [0.25, 0.3) is 0 Å². The number of methoxy groups -OCH3 is 1. The van der Waals surface area contributed by atoms with E-state index in [9.17, 15) is 32.7 Å². The van der Waals surface area contributed by atoms with E-state index >= 15 is 0 Å². The number of hydrogen-bond donors (Lipinski definition) is 2. The van der Waals surface area contributed by atoms with Crippen molar-refractivity contribution >= 4 is 23.5 Å². The van der Waals surface area contributed by atoms with Crippen molar-refractivity contribution in [2.75, 3.05) is 12.0 Å². The zero-order chi connectivity index (χ0) is 19.2. The second kappa shape index (κ2) is 6.27. The van der Waals surface area contributed by atoms with E-state index in [2.05, 4.69) is 4.74 Å². The lowest BCUT2D eigenvalue weighted by Crippen LogP contribution is -2.54. The van der Waals surface area contributed by atoms with Gasteiger partial charge in [0.05, 0.1) is 18.9 Å². The molecule has 3 atom stereocenters. The summed E-state index contributed by atoms with van der Waals surface area (Å²) in [5.74, 6) is -3.93. The van der Waals surface area contributed by atoms with Crippen molar-refractivity contribution in [3.63, 3.8) is 0 Å². The number of benzene rings is 1. The number of hydrogen-bond acceptors (Lipinski definition) is 5. The molecule has 0 bridgehead atoms. The van der Waals surface area contributed by atoms with Crippen molar-refractivity contribution in [1.29, 1.82) is 0 Å². The van der Waals surface area contributed by atoms with Gasteiger partial charge in [0.25, 0.3) is 5.91 Å². The molecule has 0 fully saturated rings. The van der Waals surface area contributed by atoms with Gasteiger partial charge >= 0.3 is 18.1 Å². The smallest absolute Gasteiger partial charge is 0.467 e. The van der Waals surface area contributed by atoms with Crippen molar-refractivity contribution in [3.8, 4) is 0 Å². The van der Waals surface area contributed by atoms with E-state index in [-0.39, 0.29) is 12.1 Å². The van der Waals surface area contributed by atoms with Gasteiger partial charge in [0.15, 0.2) is 0 Å². The Morgan fingerprint density at radius 2 is 2.04 bits per heavy atom. The molecule has 1 unspecified atom stereocenters. The molecule has 0 saturated carbocycles. The number of anilines is 1. The number of rotatable bonds is 2. The molecule has 2 aliphatic rings. The number of carbonyl (C=O) groups excluding carboxylic acids is 3. The van der Waals surface area contributed by atoms with Crippen molar-refractivity contribution in [1.82, 2.24) is 5.32 Å². The lowest BCUT2D eigenvalue weighted by atomic mass is 9.99. The Kier molecular flexibility index (Phi) is 4.39. The average Bonchev–Trinajstić information content (AvgIpc) is 2.93. The maximum Gasteiger partial charge on any atom is 0.471 e. The zero-order valence-electron chi connectivity index (χ0n) is 13.5. The molecular weight excluding hydrogens is 357 g/mol. The van der Waals surface area contributed by atoms with Crippen molar-refractivity contribution in [2.24, 2.45) is 0 Å². The Labute approximate surface area is 145 Å². The van der Waals surface area contributed by atoms with E-state index in [1.54, 1.807) is 17.4 Å². The Balaban J connectivity index is 2.03. The van der Waals surface area contributed by atoms with E-state index in [1.165, 1.54) is 6.07 Å². The van der Waals surface area contributed by atoms with E-state index in [1.807, 2.05) is 0 Å². The molecule has 2 heterocycles. The van der Waals surface area contributed by atoms with Crippen LogP contribution in [0, 0.1) is 0 Å². The minimum Gasteiger partial charge on any atom is -0.467 e. The van der Waals surface area contributed by atoms with Crippen LogP contribution in [0.1, 0.15) is 23.7 Å². The van der Waals surface area contributed by atoms with Gasteiger partial charge < -0.3 is 15.2 Å². The fraction of sp³-hybridized carbons (Fsp3) is 0.438. The second-order valence-corrected chi connectivity index (χ2v) is 6.08. The molecule has 1 aromatic carbocycles. The van der Waals surface area contributed by atoms with Crippen LogP contribution in [-0.4, -0.2) is 48.3 Å². The van der Waals surface area contributed by atoms with Crippen LogP contribution < -0.4 is 10.2 Å². The standard InChI is InChI=1S/C16H15F3N2O5/c1-26-14(24)10-5-7-3-2-4-8-11(22)6-9(13(23)21(10)12(7)8)20-15(25)16(17,18)19/h2-4,9-11,22H,5-6H2,1H3,(H,20,25)/t9-,10-,11?/m0/s1. The predicted octanol–water partition coefficient (Wildman–Crippen LogP) is 0.601. The molecular formula is C16H15F3N2O5. The molecule has 1 aromatic rings. The molecule has 0 aromatic heterocycles. The fourth-order valence-electron chi connectivity index (χ4n) is 3.36. The molecule has 0 aliphatic carbocycles. The minimum atomic E-state index is -5.18. The average molecular weight is 372 g/mol. The Hall–Kier alpha value is -2.62. The summed E-state index contributed by atoms with van der Waals surface area (Å²) in [7, 11) is 1.13. The number of para-hydroxylation sites is 1. The third-order valence-electron chi connectivity index (χ3n) is 4.51. The van der Waals surface area contributed by atoms with Crippen LogP contribution in [0.2, 0.25) is 0 Å². The Morgan fingerprint density at radius 3 is 2.65 bits per heavy atom. The van der Waals surface area contributed by atoms with E-state index in [4.69, 9.17) is 0 Å². The van der Waals surface area contributed by atoms with E-state index in [0.717, 1.165) is 12.0 Å². The van der Waals surface area contributed by atoms with Crippen LogP contribution in [0.4, 0.5) is 18.9 Å². The largest absolute Gasteiger partial charge is 0.471 e. The molecule has 7 nitrogen and oxygen atoms in total. The van der Waals surface area contributed by atoms with Gasteiger partial charge in [0.2, 0.25) is 0 Å². The number of esters is 1. The van der Waals surface area contributed by atoms with Crippen molar-refractivity contribution in [3.05, 3.63) is 29.3 Å². The van der Waals surface area contributed by atoms with Gasteiger partial charge in [-0.15, -0.1) is 0 Å². The van der Waals surface area contributed by atoms with Gasteiger partial charge in [-0.2, -0.15) is 13.2 Å². The van der Waals surface area contributed by atoms with Gasteiger partial charge in [-0.1, -0.05) is 18.2 Å². The van der Waals surface area contributed by atoms with E-state index in [0.29, 0.717) is 11.1 Å². The highest BCUT2D eigenvalue weighted by Gasteiger charge is 2.48. The van der Waals surface area contributed by atoms with Gasteiger partial charge in [-0.3, -0.25) is 14.5 Å². The molecule has 2 N–H and O–H groups in total. The normalized spacial score (nSPS) is 24.7. The zero-order valence-corrected chi connectivity index (χ0v) is 13.5. The quantitative estimate of drug-likeness (QED) is 0.742. The number of ether oxygens (including phenoxy) is 1. The Morgan fingerprint density at radius 1 is 1.35 bits per heavy atom. The third kappa shape index (κ3) is 2.90. The SMILES string of the molecule is COC(=O)[C@@H]1Cc2cccc3c2N1C(=O)[C@@H](NC(=O)C(F)(F)F)CC3O. The van der Waals surface area contributed by atoms with Crippen molar-refractivity contribution < 1.29 is 37.4 Å². The molecule has 0 spiro atoms. The van der Waals surface area contributed by atoms with Crippen LogP contribution in [0.3, 0.4) is 0 Å². The molecule has 0 radical (unpaired) electrons. The minimum absolute atomic E-state index is 0.105. The number of nitrogens with one attached hydrogen (secondary N) is 1. The summed E-state index contributed by atoms with van der Waals surface area (Å²) in [6.07, 6.45) is -6.80. The van der Waals surface area contributed by atoms with Crippen LogP contribution in [-0.2, 0) is 25.5 Å². The molecule has 26 heavy (non-hydrogen) atoms. The number of nitrogens with zero attached hydrogens (tertiary/aromatic N) is 1. The van der Waals surface area contributed by atoms with Crippen molar-refractivity contribution in [2.45, 2.75) is 37.2 Å². The van der Waals surface area contributed by atoms with Crippen LogP contribution in [0.5, 0.6) is 0 Å². The topological polar surface area (TPSA) is 95.9 Å².